The first-order chi connectivity index (χ1) is 17.9. The zero-order valence-electron chi connectivity index (χ0n) is 24.2. The summed E-state index contributed by atoms with van der Waals surface area (Å²) in [6.45, 7) is 12.9. The molecule has 6 aliphatic rings. The molecule has 6 saturated heterocycles. The van der Waals surface area contributed by atoms with Crippen molar-refractivity contribution >= 4 is 9.73 Å². The van der Waals surface area contributed by atoms with Gasteiger partial charge in [-0.25, -0.2) is 9.37 Å². The summed E-state index contributed by atoms with van der Waals surface area (Å²) in [5.41, 5.74) is 3.54. The summed E-state index contributed by atoms with van der Waals surface area (Å²) in [4.78, 5) is 5.11. The molecule has 0 saturated carbocycles. The molecule has 11 nitrogen and oxygen atoms in total. The van der Waals surface area contributed by atoms with Crippen LogP contribution in [0.1, 0.15) is 46.5 Å². The molecular weight excluding hydrogens is 502 g/mol. The van der Waals surface area contributed by atoms with Crippen LogP contribution in [0.3, 0.4) is 0 Å². The molecule has 0 aromatic carbocycles. The molecule has 0 amide bonds. The number of nitrogens with one attached hydrogen (secondary N) is 5. The van der Waals surface area contributed by atoms with E-state index in [1.165, 1.54) is 0 Å². The molecule has 6 fully saturated rings. The molecule has 8 atom stereocenters. The van der Waals surface area contributed by atoms with E-state index in [2.05, 4.69) is 73.7 Å². The van der Waals surface area contributed by atoms with Gasteiger partial charge in [-0.05, 0) is 46.6 Å². The second-order valence-electron chi connectivity index (χ2n) is 13.9. The molecule has 6 aliphatic heterocycles. The lowest BCUT2D eigenvalue weighted by atomic mass is 9.69. The Labute approximate surface area is 229 Å². The van der Waals surface area contributed by atoms with Crippen LogP contribution in [-0.2, 0) is 14.5 Å². The number of hydrogen-bond acceptors (Lipinski definition) is 11. The average molecular weight is 554 g/mol. The van der Waals surface area contributed by atoms with Crippen molar-refractivity contribution in [2.45, 2.75) is 95.0 Å². The van der Waals surface area contributed by atoms with Crippen molar-refractivity contribution in [1.82, 2.24) is 41.5 Å². The largest absolute Gasteiger partial charge is 0.375 e. The number of likely N-dealkylation sites (tertiary alicyclic amines) is 2. The number of ether oxygens (including phenoxy) is 1. The van der Waals surface area contributed by atoms with Gasteiger partial charge < -0.3 is 9.64 Å². The molecular formula is C26H51N9O2S. The Balaban J connectivity index is 1.19. The number of likely N-dealkylation sites (N-methyl/N-ethyl adjacent to an activating group) is 1. The molecule has 0 aliphatic carbocycles. The van der Waals surface area contributed by atoms with Crippen LogP contribution >= 0.6 is 0 Å². The third kappa shape index (κ3) is 5.43. The van der Waals surface area contributed by atoms with Crippen molar-refractivity contribution in [3.8, 4) is 0 Å². The lowest BCUT2D eigenvalue weighted by molar-refractivity contribution is -0.141. The Hall–Kier alpha value is -0.410. The molecule has 12 heteroatoms. The third-order valence-corrected chi connectivity index (χ3v) is 10.7. The first kappa shape index (κ1) is 27.7. The fourth-order valence-electron chi connectivity index (χ4n) is 7.91. The number of piperidine rings is 1. The second kappa shape index (κ2) is 10.1. The number of hydrazine groups is 1. The van der Waals surface area contributed by atoms with E-state index in [1.807, 2.05) is 0 Å². The van der Waals surface area contributed by atoms with Crippen molar-refractivity contribution < 1.29 is 8.95 Å². The Morgan fingerprint density at radius 1 is 1.08 bits per heavy atom. The first-order valence-electron chi connectivity index (χ1n) is 14.7. The number of hydrogen-bond donors (Lipinski definition) is 5. The molecule has 0 bridgehead atoms. The Kier molecular flexibility index (Phi) is 7.41. The molecule has 0 radical (unpaired) electrons. The van der Waals surface area contributed by atoms with E-state index in [4.69, 9.17) is 4.74 Å². The van der Waals surface area contributed by atoms with Gasteiger partial charge in [0, 0.05) is 84.4 Å². The predicted molar refractivity (Wildman–Crippen MR) is 150 cm³/mol. The topological polar surface area (TPSA) is 109 Å². The Bertz CT molecular complexity index is 991. The van der Waals surface area contributed by atoms with Crippen molar-refractivity contribution in [2.75, 3.05) is 58.9 Å². The van der Waals surface area contributed by atoms with Crippen molar-refractivity contribution in [2.24, 2.45) is 15.7 Å². The van der Waals surface area contributed by atoms with E-state index >= 15 is 0 Å². The molecule has 5 N–H and O–H groups in total. The number of fused-ring (bicyclic) bond motifs is 3. The highest BCUT2D eigenvalue weighted by Gasteiger charge is 2.62. The highest BCUT2D eigenvalue weighted by atomic mass is 32.2. The molecule has 6 heterocycles. The summed E-state index contributed by atoms with van der Waals surface area (Å²) >= 11 is 0. The van der Waals surface area contributed by atoms with Crippen molar-refractivity contribution in [3.05, 3.63) is 0 Å². The summed E-state index contributed by atoms with van der Waals surface area (Å²) in [7, 11) is 0.0308. The van der Waals surface area contributed by atoms with E-state index < -0.39 is 9.73 Å². The van der Waals surface area contributed by atoms with Crippen LogP contribution < -0.4 is 26.7 Å². The fraction of sp³-hybridized carbons (Fsp3) is 1.00. The van der Waals surface area contributed by atoms with Gasteiger partial charge in [0.1, 0.15) is 12.5 Å². The summed E-state index contributed by atoms with van der Waals surface area (Å²) < 4.78 is 23.6. The quantitative estimate of drug-likeness (QED) is 0.307. The summed E-state index contributed by atoms with van der Waals surface area (Å²) in [5.74, 6) is 0.436. The Morgan fingerprint density at radius 2 is 1.87 bits per heavy atom. The minimum absolute atomic E-state index is 0.0499. The van der Waals surface area contributed by atoms with Crippen LogP contribution in [0.2, 0.25) is 0 Å². The van der Waals surface area contributed by atoms with E-state index in [0.717, 1.165) is 65.0 Å². The minimum atomic E-state index is -2.16. The smallest absolute Gasteiger partial charge is 0.113 e. The normalized spacial score (nSPS) is 44.9. The van der Waals surface area contributed by atoms with Crippen molar-refractivity contribution in [1.29, 1.82) is 0 Å². The van der Waals surface area contributed by atoms with Gasteiger partial charge in [-0.1, -0.05) is 6.92 Å². The third-order valence-electron chi connectivity index (χ3n) is 9.94. The van der Waals surface area contributed by atoms with Gasteiger partial charge in [0.2, 0.25) is 0 Å². The van der Waals surface area contributed by atoms with E-state index in [1.54, 1.807) is 12.5 Å². The van der Waals surface area contributed by atoms with Crippen LogP contribution in [0.25, 0.3) is 0 Å². The molecule has 0 aromatic heterocycles. The number of rotatable bonds is 5. The van der Waals surface area contributed by atoms with Crippen LogP contribution in [0.5, 0.6) is 0 Å². The summed E-state index contributed by atoms with van der Waals surface area (Å²) in [6.07, 6.45) is 8.08. The monoisotopic (exact) mass is 553 g/mol. The van der Waals surface area contributed by atoms with Crippen LogP contribution in [0.15, 0.2) is 4.36 Å². The minimum Gasteiger partial charge on any atom is -0.375 e. The Morgan fingerprint density at radius 3 is 2.61 bits per heavy atom. The summed E-state index contributed by atoms with van der Waals surface area (Å²) in [5, 5.41) is 17.9. The van der Waals surface area contributed by atoms with Gasteiger partial charge in [0.25, 0.3) is 0 Å². The molecule has 6 unspecified atom stereocenters. The first-order valence-corrected chi connectivity index (χ1v) is 17.0. The highest BCUT2D eigenvalue weighted by molar-refractivity contribution is 7.92. The molecule has 38 heavy (non-hydrogen) atoms. The molecule has 0 spiro atoms. The lowest BCUT2D eigenvalue weighted by Gasteiger charge is -2.49. The molecule has 6 rings (SSSR count). The maximum absolute atomic E-state index is 12.5. The zero-order valence-corrected chi connectivity index (χ0v) is 25.0. The number of nitrogens with zero attached hydrogens (tertiary/aromatic N) is 4. The van der Waals surface area contributed by atoms with Gasteiger partial charge in [-0.3, -0.25) is 35.8 Å². The van der Waals surface area contributed by atoms with E-state index in [9.17, 15) is 4.21 Å². The van der Waals surface area contributed by atoms with Crippen LogP contribution in [0.4, 0.5) is 0 Å². The van der Waals surface area contributed by atoms with E-state index in [-0.39, 0.29) is 35.8 Å². The zero-order chi connectivity index (χ0) is 26.9. The van der Waals surface area contributed by atoms with Crippen molar-refractivity contribution in [3.63, 3.8) is 0 Å². The predicted octanol–water partition coefficient (Wildman–Crippen LogP) is -0.460. The van der Waals surface area contributed by atoms with Gasteiger partial charge in [-0.15, -0.1) is 0 Å². The fourth-order valence-corrected chi connectivity index (χ4v) is 8.69. The van der Waals surface area contributed by atoms with Gasteiger partial charge in [0.05, 0.1) is 24.5 Å². The van der Waals surface area contributed by atoms with Crippen LogP contribution in [0, 0.1) is 11.3 Å². The lowest BCUT2D eigenvalue weighted by Crippen LogP contribution is -2.70. The second-order valence-corrected chi connectivity index (χ2v) is 16.5. The van der Waals surface area contributed by atoms with Crippen LogP contribution in [-0.4, -0.2) is 126 Å². The molecule has 218 valence electrons. The van der Waals surface area contributed by atoms with Gasteiger partial charge in [-0.2, -0.15) is 0 Å². The van der Waals surface area contributed by atoms with Gasteiger partial charge >= 0.3 is 0 Å². The maximum Gasteiger partial charge on any atom is 0.113 e. The highest BCUT2D eigenvalue weighted by Crippen LogP contribution is 2.53. The van der Waals surface area contributed by atoms with Gasteiger partial charge in [0.15, 0.2) is 0 Å². The summed E-state index contributed by atoms with van der Waals surface area (Å²) in [6, 6.07) is 1.42. The SMILES string of the molecule is CN1CC(N2CC(NC3NCC4C(N3)N(C3CCCC(N=S(C)(C)=O)N3)[C@@H]3CC(C)(C)OC[C@]43C)CN2)C1. The van der Waals surface area contributed by atoms with E-state index in [0.29, 0.717) is 24.0 Å². The molecule has 0 aromatic rings. The maximum atomic E-state index is 12.5. The average Bonchev–Trinajstić information content (AvgIpc) is 3.35. The standard InChI is InChI=1S/C26H51N9O2S/c1-25(2)10-20-26(3,16-37-25)19-12-27-24(29-17-11-28-34(13-17)18-14-33(4)15-18)31-23(19)35(20)22-9-7-8-21(30-22)32-38(5,6)36/h17-24,27-31H,7-16H2,1-6H3/t17?,19?,20-,21?,22?,23?,24?,26-/m1/s1.